The van der Waals surface area contributed by atoms with E-state index in [1.165, 1.54) is 0 Å². The zero-order chi connectivity index (χ0) is 14.1. The number of carbonyl (C=O) groups is 1. The predicted octanol–water partition coefficient (Wildman–Crippen LogP) is 0.483. The van der Waals surface area contributed by atoms with Gasteiger partial charge in [0.05, 0.1) is 6.61 Å². The van der Waals surface area contributed by atoms with Gasteiger partial charge in [-0.15, -0.1) is 0 Å². The third kappa shape index (κ3) is 3.46. The number of hydrogen-bond donors (Lipinski definition) is 2. The highest BCUT2D eigenvalue weighted by Crippen LogP contribution is 2.21. The van der Waals surface area contributed by atoms with Gasteiger partial charge in [0.2, 0.25) is 5.91 Å². The number of piperidine rings is 1. The van der Waals surface area contributed by atoms with E-state index in [2.05, 4.69) is 31.0 Å². The maximum atomic E-state index is 12.2. The fourth-order valence-corrected chi connectivity index (χ4v) is 2.78. The first-order chi connectivity index (χ1) is 8.81. The number of rotatable bonds is 2. The SMILES string of the molecule is CC(C)(C)N1CCC(NC(=O)C2(N)CCOC2)CC1. The fourth-order valence-electron chi connectivity index (χ4n) is 2.78. The molecule has 2 aliphatic rings. The molecule has 1 amide bonds. The van der Waals surface area contributed by atoms with Gasteiger partial charge in [0.1, 0.15) is 5.54 Å². The molecule has 19 heavy (non-hydrogen) atoms. The van der Waals surface area contributed by atoms with Gasteiger partial charge in [-0.1, -0.05) is 0 Å². The third-order valence-electron chi connectivity index (χ3n) is 4.28. The highest BCUT2D eigenvalue weighted by molar-refractivity contribution is 5.86. The summed E-state index contributed by atoms with van der Waals surface area (Å²) in [6.45, 7) is 9.70. The summed E-state index contributed by atoms with van der Waals surface area (Å²) in [5, 5.41) is 3.10. The van der Waals surface area contributed by atoms with Crippen molar-refractivity contribution < 1.29 is 9.53 Å². The van der Waals surface area contributed by atoms with Gasteiger partial charge in [-0.25, -0.2) is 0 Å². The van der Waals surface area contributed by atoms with Gasteiger partial charge in [0.15, 0.2) is 0 Å². The minimum absolute atomic E-state index is 0.0424. The Balaban J connectivity index is 1.81. The van der Waals surface area contributed by atoms with Crippen LogP contribution in [-0.2, 0) is 9.53 Å². The molecule has 3 N–H and O–H groups in total. The molecule has 110 valence electrons. The molecule has 0 spiro atoms. The van der Waals surface area contributed by atoms with Crippen molar-refractivity contribution in [3.05, 3.63) is 0 Å². The van der Waals surface area contributed by atoms with E-state index in [0.29, 0.717) is 19.6 Å². The summed E-state index contributed by atoms with van der Waals surface area (Å²) < 4.78 is 5.24. The minimum atomic E-state index is -0.804. The summed E-state index contributed by atoms with van der Waals surface area (Å²) in [5.41, 5.74) is 5.48. The van der Waals surface area contributed by atoms with Crippen LogP contribution in [0.5, 0.6) is 0 Å². The number of hydrogen-bond acceptors (Lipinski definition) is 4. The van der Waals surface area contributed by atoms with Gasteiger partial charge in [-0.3, -0.25) is 9.69 Å². The average Bonchev–Trinajstić information content (AvgIpc) is 2.77. The highest BCUT2D eigenvalue weighted by Gasteiger charge is 2.39. The first-order valence-corrected chi connectivity index (χ1v) is 7.24. The molecule has 0 aromatic carbocycles. The Morgan fingerprint density at radius 3 is 2.47 bits per heavy atom. The second-order valence-corrected chi connectivity index (χ2v) is 6.86. The molecule has 2 saturated heterocycles. The van der Waals surface area contributed by atoms with Crippen molar-refractivity contribution in [3.8, 4) is 0 Å². The van der Waals surface area contributed by atoms with E-state index in [1.54, 1.807) is 0 Å². The largest absolute Gasteiger partial charge is 0.379 e. The van der Waals surface area contributed by atoms with Crippen molar-refractivity contribution >= 4 is 5.91 Å². The molecule has 0 aromatic heterocycles. The Hall–Kier alpha value is -0.650. The van der Waals surface area contributed by atoms with E-state index < -0.39 is 5.54 Å². The Labute approximate surface area is 115 Å². The van der Waals surface area contributed by atoms with Crippen molar-refractivity contribution in [2.75, 3.05) is 26.3 Å². The number of nitrogens with zero attached hydrogens (tertiary/aromatic N) is 1. The van der Waals surface area contributed by atoms with E-state index in [-0.39, 0.29) is 17.5 Å². The van der Waals surface area contributed by atoms with E-state index in [9.17, 15) is 4.79 Å². The molecule has 5 heteroatoms. The van der Waals surface area contributed by atoms with Crippen LogP contribution in [0.25, 0.3) is 0 Å². The van der Waals surface area contributed by atoms with E-state index in [4.69, 9.17) is 10.5 Å². The van der Waals surface area contributed by atoms with Crippen LogP contribution in [0.2, 0.25) is 0 Å². The van der Waals surface area contributed by atoms with Crippen molar-refractivity contribution in [1.82, 2.24) is 10.2 Å². The van der Waals surface area contributed by atoms with Gasteiger partial charge in [-0.2, -0.15) is 0 Å². The first-order valence-electron chi connectivity index (χ1n) is 7.24. The van der Waals surface area contributed by atoms with E-state index in [0.717, 1.165) is 25.9 Å². The summed E-state index contributed by atoms with van der Waals surface area (Å²) in [6, 6.07) is 0.257. The maximum Gasteiger partial charge on any atom is 0.242 e. The summed E-state index contributed by atoms with van der Waals surface area (Å²) in [4.78, 5) is 14.6. The lowest BCUT2D eigenvalue weighted by molar-refractivity contribution is -0.127. The highest BCUT2D eigenvalue weighted by atomic mass is 16.5. The Bertz CT molecular complexity index is 324. The van der Waals surface area contributed by atoms with Crippen LogP contribution < -0.4 is 11.1 Å². The topological polar surface area (TPSA) is 67.6 Å². The van der Waals surface area contributed by atoms with E-state index >= 15 is 0 Å². The zero-order valence-corrected chi connectivity index (χ0v) is 12.4. The number of nitrogens with one attached hydrogen (secondary N) is 1. The molecule has 0 radical (unpaired) electrons. The molecule has 0 aromatic rings. The van der Waals surface area contributed by atoms with Crippen LogP contribution in [0.3, 0.4) is 0 Å². The van der Waals surface area contributed by atoms with Crippen LogP contribution in [-0.4, -0.2) is 54.2 Å². The molecule has 2 aliphatic heterocycles. The monoisotopic (exact) mass is 269 g/mol. The minimum Gasteiger partial charge on any atom is -0.379 e. The van der Waals surface area contributed by atoms with Gasteiger partial charge >= 0.3 is 0 Å². The molecular weight excluding hydrogens is 242 g/mol. The molecule has 0 saturated carbocycles. The van der Waals surface area contributed by atoms with Crippen LogP contribution in [0.1, 0.15) is 40.0 Å². The molecule has 2 rings (SSSR count). The van der Waals surface area contributed by atoms with Crippen LogP contribution in [0, 0.1) is 0 Å². The zero-order valence-electron chi connectivity index (χ0n) is 12.4. The Morgan fingerprint density at radius 1 is 1.37 bits per heavy atom. The quantitative estimate of drug-likeness (QED) is 0.765. The lowest BCUT2D eigenvalue weighted by atomic mass is 9.95. The predicted molar refractivity (Wildman–Crippen MR) is 74.8 cm³/mol. The normalized spacial score (nSPS) is 30.5. The lowest BCUT2D eigenvalue weighted by Gasteiger charge is -2.41. The van der Waals surface area contributed by atoms with E-state index in [1.807, 2.05) is 0 Å². The number of carbonyl (C=O) groups excluding carboxylic acids is 1. The fraction of sp³-hybridized carbons (Fsp3) is 0.929. The number of ether oxygens (including phenoxy) is 1. The third-order valence-corrected chi connectivity index (χ3v) is 4.28. The summed E-state index contributed by atoms with van der Waals surface area (Å²) >= 11 is 0. The Morgan fingerprint density at radius 2 is 2.00 bits per heavy atom. The van der Waals surface area contributed by atoms with Gasteiger partial charge in [0.25, 0.3) is 0 Å². The van der Waals surface area contributed by atoms with Crippen LogP contribution in [0.15, 0.2) is 0 Å². The van der Waals surface area contributed by atoms with Gasteiger partial charge in [-0.05, 0) is 40.0 Å². The molecule has 5 nitrogen and oxygen atoms in total. The van der Waals surface area contributed by atoms with Crippen LogP contribution >= 0.6 is 0 Å². The Kier molecular flexibility index (Phi) is 4.18. The summed E-state index contributed by atoms with van der Waals surface area (Å²) in [6.07, 6.45) is 2.62. The molecule has 1 unspecified atom stereocenters. The molecular formula is C14H27N3O2. The second-order valence-electron chi connectivity index (χ2n) is 6.86. The molecule has 0 aliphatic carbocycles. The van der Waals surface area contributed by atoms with Gasteiger partial charge in [0, 0.05) is 31.3 Å². The summed E-state index contributed by atoms with van der Waals surface area (Å²) in [5.74, 6) is -0.0424. The van der Waals surface area contributed by atoms with Crippen LogP contribution in [0.4, 0.5) is 0 Å². The van der Waals surface area contributed by atoms with Gasteiger partial charge < -0.3 is 15.8 Å². The number of nitrogens with two attached hydrogens (primary N) is 1. The second kappa shape index (κ2) is 5.38. The maximum absolute atomic E-state index is 12.2. The van der Waals surface area contributed by atoms with Crippen molar-refractivity contribution in [2.45, 2.75) is 57.2 Å². The van der Waals surface area contributed by atoms with Crippen molar-refractivity contribution in [2.24, 2.45) is 5.73 Å². The van der Waals surface area contributed by atoms with Crippen molar-refractivity contribution in [3.63, 3.8) is 0 Å². The lowest BCUT2D eigenvalue weighted by Crippen LogP contribution is -2.58. The standard InChI is InChI=1S/C14H27N3O2/c1-13(2,3)17-7-4-11(5-8-17)16-12(18)14(15)6-9-19-10-14/h11H,4-10,15H2,1-3H3,(H,16,18). The molecule has 2 heterocycles. The molecule has 0 bridgehead atoms. The molecule has 2 fully saturated rings. The molecule has 1 atom stereocenters. The average molecular weight is 269 g/mol. The first kappa shape index (κ1) is 14.8. The van der Waals surface area contributed by atoms with Crippen molar-refractivity contribution in [1.29, 1.82) is 0 Å². The number of amides is 1. The smallest absolute Gasteiger partial charge is 0.242 e. The number of likely N-dealkylation sites (tertiary alicyclic amines) is 1. The summed E-state index contributed by atoms with van der Waals surface area (Å²) in [7, 11) is 0.